The number of nitrogens with zero attached hydrogens (tertiary/aromatic N) is 2. The van der Waals surface area contributed by atoms with Crippen molar-refractivity contribution in [2.75, 3.05) is 33.3 Å². The van der Waals surface area contributed by atoms with Gasteiger partial charge in [0, 0.05) is 44.2 Å². The number of benzene rings is 1. The summed E-state index contributed by atoms with van der Waals surface area (Å²) in [6, 6.07) is 6.93. The van der Waals surface area contributed by atoms with E-state index in [1.165, 1.54) is 0 Å². The minimum atomic E-state index is -0.133. The molecule has 1 aromatic rings. The molecule has 2 rings (SSSR count). The zero-order valence-electron chi connectivity index (χ0n) is 13.5. The van der Waals surface area contributed by atoms with Crippen LogP contribution >= 0.6 is 12.4 Å². The predicted octanol–water partition coefficient (Wildman–Crippen LogP) is 1.14. The third-order valence-corrected chi connectivity index (χ3v) is 3.75. The number of carbonyl (C=O) groups excluding carboxylic acids is 2. The van der Waals surface area contributed by atoms with Crippen molar-refractivity contribution in [3.8, 4) is 5.75 Å². The van der Waals surface area contributed by atoms with Gasteiger partial charge >= 0.3 is 0 Å². The van der Waals surface area contributed by atoms with Crippen LogP contribution in [0.1, 0.15) is 23.7 Å². The molecular weight excluding hydrogens is 318 g/mol. The van der Waals surface area contributed by atoms with Crippen LogP contribution < -0.4 is 10.5 Å². The summed E-state index contributed by atoms with van der Waals surface area (Å²) in [5.74, 6) is 0.774. The van der Waals surface area contributed by atoms with E-state index in [-0.39, 0.29) is 30.3 Å². The monoisotopic (exact) mass is 341 g/mol. The van der Waals surface area contributed by atoms with E-state index in [2.05, 4.69) is 0 Å². The molecule has 0 bridgehead atoms. The summed E-state index contributed by atoms with van der Waals surface area (Å²) < 4.78 is 5.09. The molecule has 2 N–H and O–H groups in total. The van der Waals surface area contributed by atoms with Crippen LogP contribution in [0.3, 0.4) is 0 Å². The second-order valence-corrected chi connectivity index (χ2v) is 5.58. The first-order chi connectivity index (χ1) is 10.5. The van der Waals surface area contributed by atoms with Crippen molar-refractivity contribution in [1.82, 2.24) is 9.80 Å². The lowest BCUT2D eigenvalue weighted by Crippen LogP contribution is -2.51. The molecule has 1 aliphatic heterocycles. The number of nitrogens with two attached hydrogens (primary N) is 1. The maximum absolute atomic E-state index is 12.4. The van der Waals surface area contributed by atoms with Gasteiger partial charge in [0.1, 0.15) is 5.75 Å². The molecule has 0 saturated carbocycles. The van der Waals surface area contributed by atoms with Crippen molar-refractivity contribution in [3.63, 3.8) is 0 Å². The molecule has 0 aliphatic carbocycles. The van der Waals surface area contributed by atoms with Gasteiger partial charge in [-0.25, -0.2) is 0 Å². The second kappa shape index (κ2) is 8.74. The summed E-state index contributed by atoms with van der Waals surface area (Å²) in [4.78, 5) is 27.9. The lowest BCUT2D eigenvalue weighted by Gasteiger charge is -2.35. The number of carbonyl (C=O) groups is 2. The maximum Gasteiger partial charge on any atom is 0.253 e. The number of hydrogen-bond acceptors (Lipinski definition) is 4. The van der Waals surface area contributed by atoms with Gasteiger partial charge in [-0.2, -0.15) is 0 Å². The zero-order chi connectivity index (χ0) is 16.1. The van der Waals surface area contributed by atoms with Gasteiger partial charge in [0.2, 0.25) is 5.91 Å². The fourth-order valence-corrected chi connectivity index (χ4v) is 2.48. The van der Waals surface area contributed by atoms with Crippen molar-refractivity contribution >= 4 is 24.2 Å². The molecule has 1 unspecified atom stereocenters. The summed E-state index contributed by atoms with van der Waals surface area (Å²) in [5.41, 5.74) is 6.29. The van der Waals surface area contributed by atoms with Crippen LogP contribution in [0.5, 0.6) is 5.75 Å². The van der Waals surface area contributed by atoms with Gasteiger partial charge in [0.25, 0.3) is 5.91 Å². The van der Waals surface area contributed by atoms with E-state index in [0.717, 1.165) is 5.75 Å². The minimum Gasteiger partial charge on any atom is -0.497 e. The van der Waals surface area contributed by atoms with E-state index in [4.69, 9.17) is 10.5 Å². The normalized spacial score (nSPS) is 15.6. The Morgan fingerprint density at radius 1 is 1.13 bits per heavy atom. The molecule has 1 aliphatic rings. The highest BCUT2D eigenvalue weighted by Crippen LogP contribution is 2.14. The van der Waals surface area contributed by atoms with Gasteiger partial charge in [-0.3, -0.25) is 9.59 Å². The van der Waals surface area contributed by atoms with Crippen molar-refractivity contribution in [2.45, 2.75) is 19.4 Å². The summed E-state index contributed by atoms with van der Waals surface area (Å²) in [6.45, 7) is 4.05. The van der Waals surface area contributed by atoms with Gasteiger partial charge in [0.05, 0.1) is 7.11 Å². The smallest absolute Gasteiger partial charge is 0.253 e. The molecule has 0 radical (unpaired) electrons. The van der Waals surface area contributed by atoms with Crippen LogP contribution in [-0.2, 0) is 4.79 Å². The first kappa shape index (κ1) is 19.3. The lowest BCUT2D eigenvalue weighted by atomic mass is 10.1. The zero-order valence-corrected chi connectivity index (χ0v) is 14.3. The molecule has 6 nitrogen and oxygen atoms in total. The van der Waals surface area contributed by atoms with E-state index in [1.54, 1.807) is 41.2 Å². The summed E-state index contributed by atoms with van der Waals surface area (Å²) in [7, 11) is 1.59. The van der Waals surface area contributed by atoms with E-state index in [1.807, 2.05) is 6.92 Å². The Hall–Kier alpha value is -1.79. The van der Waals surface area contributed by atoms with E-state index in [9.17, 15) is 9.59 Å². The number of amides is 2. The van der Waals surface area contributed by atoms with Gasteiger partial charge in [-0.15, -0.1) is 12.4 Å². The predicted molar refractivity (Wildman–Crippen MR) is 91.0 cm³/mol. The molecule has 1 heterocycles. The van der Waals surface area contributed by atoms with Gasteiger partial charge in [0.15, 0.2) is 0 Å². The summed E-state index contributed by atoms with van der Waals surface area (Å²) in [6.07, 6.45) is 0.354. The number of piperazine rings is 1. The van der Waals surface area contributed by atoms with Crippen molar-refractivity contribution < 1.29 is 14.3 Å². The van der Waals surface area contributed by atoms with Crippen LogP contribution in [-0.4, -0.2) is 60.9 Å². The van der Waals surface area contributed by atoms with Gasteiger partial charge in [-0.05, 0) is 31.2 Å². The maximum atomic E-state index is 12.4. The molecular formula is C16H24ClN3O3. The molecule has 0 spiro atoms. The largest absolute Gasteiger partial charge is 0.497 e. The Balaban J connectivity index is 0.00000264. The van der Waals surface area contributed by atoms with Crippen molar-refractivity contribution in [2.24, 2.45) is 5.73 Å². The van der Waals surface area contributed by atoms with Gasteiger partial charge < -0.3 is 20.3 Å². The highest BCUT2D eigenvalue weighted by Gasteiger charge is 2.25. The molecule has 0 aromatic heterocycles. The van der Waals surface area contributed by atoms with Gasteiger partial charge in [-0.1, -0.05) is 0 Å². The standard InChI is InChI=1S/C16H23N3O3.ClH/c1-12(17)11-15(20)18-7-9-19(10-8-18)16(21)13-3-5-14(22-2)6-4-13;/h3-6,12H,7-11,17H2,1-2H3;1H. The summed E-state index contributed by atoms with van der Waals surface area (Å²) in [5, 5.41) is 0. The average molecular weight is 342 g/mol. The SMILES string of the molecule is COc1ccc(C(=O)N2CCN(C(=O)CC(C)N)CC2)cc1.Cl. The first-order valence-corrected chi connectivity index (χ1v) is 7.48. The van der Waals surface area contributed by atoms with Crippen molar-refractivity contribution in [3.05, 3.63) is 29.8 Å². The first-order valence-electron chi connectivity index (χ1n) is 7.48. The third-order valence-electron chi connectivity index (χ3n) is 3.75. The van der Waals surface area contributed by atoms with E-state index < -0.39 is 0 Å². The minimum absolute atomic E-state index is 0. The molecule has 1 fully saturated rings. The van der Waals surface area contributed by atoms with E-state index >= 15 is 0 Å². The highest BCUT2D eigenvalue weighted by molar-refractivity contribution is 5.94. The third kappa shape index (κ3) is 5.11. The topological polar surface area (TPSA) is 75.9 Å². The number of rotatable bonds is 4. The Labute approximate surface area is 143 Å². The van der Waals surface area contributed by atoms with Crippen LogP contribution in [0.4, 0.5) is 0 Å². The van der Waals surface area contributed by atoms with Crippen LogP contribution in [0.25, 0.3) is 0 Å². The Morgan fingerprint density at radius 2 is 1.65 bits per heavy atom. The highest BCUT2D eigenvalue weighted by atomic mass is 35.5. The number of hydrogen-bond donors (Lipinski definition) is 1. The molecule has 1 saturated heterocycles. The fourth-order valence-electron chi connectivity index (χ4n) is 2.48. The molecule has 2 amide bonds. The lowest BCUT2D eigenvalue weighted by molar-refractivity contribution is -0.132. The number of halogens is 1. The van der Waals surface area contributed by atoms with Crippen LogP contribution in [0.2, 0.25) is 0 Å². The summed E-state index contributed by atoms with van der Waals surface area (Å²) >= 11 is 0. The molecule has 7 heteroatoms. The Kier molecular flexibility index (Phi) is 7.32. The molecule has 1 atom stereocenters. The molecule has 1 aromatic carbocycles. The fraction of sp³-hybridized carbons (Fsp3) is 0.500. The second-order valence-electron chi connectivity index (χ2n) is 5.58. The van der Waals surface area contributed by atoms with Crippen molar-refractivity contribution in [1.29, 1.82) is 0 Å². The number of methoxy groups -OCH3 is 1. The molecule has 128 valence electrons. The Morgan fingerprint density at radius 3 is 2.13 bits per heavy atom. The van der Waals surface area contributed by atoms with E-state index in [0.29, 0.717) is 38.2 Å². The quantitative estimate of drug-likeness (QED) is 0.891. The van der Waals surface area contributed by atoms with Crippen LogP contribution in [0, 0.1) is 0 Å². The van der Waals surface area contributed by atoms with Crippen LogP contribution in [0.15, 0.2) is 24.3 Å². The Bertz CT molecular complexity index is 526. The average Bonchev–Trinajstić information content (AvgIpc) is 2.54. The molecule has 23 heavy (non-hydrogen) atoms. The number of ether oxygens (including phenoxy) is 1.